The van der Waals surface area contributed by atoms with Gasteiger partial charge in [0.1, 0.15) is 5.69 Å². The third-order valence-electron chi connectivity index (χ3n) is 5.35. The monoisotopic (exact) mass is 471 g/mol. The Hall–Kier alpha value is -1.06. The van der Waals surface area contributed by atoms with E-state index in [1.54, 1.807) is 6.33 Å². The third kappa shape index (κ3) is 8.30. The van der Waals surface area contributed by atoms with Gasteiger partial charge in [-0.25, -0.2) is 4.98 Å². The van der Waals surface area contributed by atoms with Crippen LogP contribution in [0.5, 0.6) is 0 Å². The smallest absolute Gasteiger partial charge is 0.319 e. The van der Waals surface area contributed by atoms with Gasteiger partial charge in [-0.1, -0.05) is 0 Å². The number of aryl methyl sites for hydroxylation is 1. The molecule has 8 nitrogen and oxygen atoms in total. The van der Waals surface area contributed by atoms with Gasteiger partial charge in [-0.15, -0.1) is 37.2 Å². The zero-order chi connectivity index (χ0) is 18.4. The van der Waals surface area contributed by atoms with E-state index in [2.05, 4.69) is 15.0 Å². The fraction of sp³-hybridized carbons (Fsp3) is 0.722. The molecule has 2 saturated heterocycles. The number of carbonyl (C=O) groups is 2. The molecule has 0 aromatic carbocycles. The number of ether oxygens (including phenoxy) is 1. The predicted molar refractivity (Wildman–Crippen MR) is 119 cm³/mol. The third-order valence-corrected chi connectivity index (χ3v) is 5.35. The lowest BCUT2D eigenvalue weighted by Crippen LogP contribution is -2.50. The van der Waals surface area contributed by atoms with Gasteiger partial charge in [-0.3, -0.25) is 14.5 Å². The van der Waals surface area contributed by atoms with E-state index in [0.717, 1.165) is 32.0 Å². The molecule has 2 aliphatic heterocycles. The van der Waals surface area contributed by atoms with Crippen molar-refractivity contribution in [2.75, 3.05) is 52.9 Å². The average Bonchev–Trinajstić information content (AvgIpc) is 3.16. The lowest BCUT2D eigenvalue weighted by Gasteiger charge is -2.33. The quantitative estimate of drug-likeness (QED) is 0.632. The summed E-state index contributed by atoms with van der Waals surface area (Å²) in [5, 5.41) is 3.39. The van der Waals surface area contributed by atoms with E-state index in [1.165, 1.54) is 20.0 Å². The molecule has 0 unspecified atom stereocenters. The largest absolute Gasteiger partial charge is 0.468 e. The molecule has 2 aliphatic rings. The highest BCUT2D eigenvalue weighted by Gasteiger charge is 2.24. The zero-order valence-electron chi connectivity index (χ0n) is 16.7. The van der Waals surface area contributed by atoms with Crippen molar-refractivity contribution in [3.63, 3.8) is 0 Å². The number of aromatic nitrogens is 2. The number of hydrogen-bond donors (Lipinski definition) is 1. The normalized spacial score (nSPS) is 17.5. The number of nitrogens with one attached hydrogen (secondary N) is 1. The molecule has 0 atom stereocenters. The molecule has 1 aromatic rings. The number of piperazine rings is 1. The number of amides is 1. The van der Waals surface area contributed by atoms with E-state index in [9.17, 15) is 9.59 Å². The summed E-state index contributed by atoms with van der Waals surface area (Å²) in [5.41, 5.74) is 0.511. The Morgan fingerprint density at radius 1 is 1.14 bits per heavy atom. The summed E-state index contributed by atoms with van der Waals surface area (Å²) in [5.74, 6) is 0.501. The van der Waals surface area contributed by atoms with Crippen molar-refractivity contribution in [1.82, 2.24) is 24.7 Å². The SMILES string of the molecule is COC(=O)CN1CCN(C(=O)c2cn(CCC3CCNCC3)cn2)CC1.Cl.Cl.Cl. The first-order valence-corrected chi connectivity index (χ1v) is 9.46. The molecule has 0 aliphatic carbocycles. The molecular formula is C18H32Cl3N5O3. The molecule has 168 valence electrons. The van der Waals surface area contributed by atoms with Crippen molar-refractivity contribution in [3.8, 4) is 0 Å². The fourth-order valence-electron chi connectivity index (χ4n) is 3.61. The maximum Gasteiger partial charge on any atom is 0.319 e. The molecule has 2 fully saturated rings. The summed E-state index contributed by atoms with van der Waals surface area (Å²) in [6.45, 7) is 5.99. The minimum atomic E-state index is -0.239. The Morgan fingerprint density at radius 3 is 2.41 bits per heavy atom. The summed E-state index contributed by atoms with van der Waals surface area (Å²) in [6, 6.07) is 0. The Bertz CT molecular complexity index is 618. The van der Waals surface area contributed by atoms with Gasteiger partial charge in [0.15, 0.2) is 0 Å². The van der Waals surface area contributed by atoms with E-state index in [-0.39, 0.29) is 55.6 Å². The molecule has 3 heterocycles. The highest BCUT2D eigenvalue weighted by molar-refractivity contribution is 5.92. The van der Waals surface area contributed by atoms with Crippen molar-refractivity contribution in [2.24, 2.45) is 5.92 Å². The van der Waals surface area contributed by atoms with Crippen LogP contribution < -0.4 is 5.32 Å². The first kappa shape index (κ1) is 27.9. The lowest BCUT2D eigenvalue weighted by atomic mass is 9.95. The fourth-order valence-corrected chi connectivity index (χ4v) is 3.61. The van der Waals surface area contributed by atoms with Gasteiger partial charge < -0.3 is 19.5 Å². The number of halogens is 3. The van der Waals surface area contributed by atoms with Gasteiger partial charge in [-0.05, 0) is 38.3 Å². The molecule has 1 aromatic heterocycles. The molecule has 11 heteroatoms. The second-order valence-electron chi connectivity index (χ2n) is 7.12. The molecule has 0 bridgehead atoms. The molecule has 0 radical (unpaired) electrons. The van der Waals surface area contributed by atoms with Crippen LogP contribution in [0.1, 0.15) is 29.8 Å². The van der Waals surface area contributed by atoms with Crippen molar-refractivity contribution < 1.29 is 14.3 Å². The van der Waals surface area contributed by atoms with Gasteiger partial charge >= 0.3 is 5.97 Å². The van der Waals surface area contributed by atoms with Crippen LogP contribution in [0.3, 0.4) is 0 Å². The summed E-state index contributed by atoms with van der Waals surface area (Å²) in [6.07, 6.45) is 7.23. The number of methoxy groups -OCH3 is 1. The van der Waals surface area contributed by atoms with Gasteiger partial charge in [0, 0.05) is 38.9 Å². The molecule has 0 saturated carbocycles. The van der Waals surface area contributed by atoms with Crippen molar-refractivity contribution in [3.05, 3.63) is 18.2 Å². The highest BCUT2D eigenvalue weighted by Crippen LogP contribution is 2.17. The Labute approximate surface area is 190 Å². The average molecular weight is 473 g/mol. The van der Waals surface area contributed by atoms with Crippen LogP contribution in [-0.4, -0.2) is 84.2 Å². The standard InChI is InChI=1S/C18H29N5O3.3ClH/c1-26-17(24)13-21-8-10-23(11-9-21)18(25)16-12-22(14-20-16)7-4-15-2-5-19-6-3-15;;;/h12,14-15,19H,2-11,13H2,1H3;3*1H. The predicted octanol–water partition coefficient (Wildman–Crippen LogP) is 1.47. The van der Waals surface area contributed by atoms with Crippen LogP contribution in [0.4, 0.5) is 0 Å². The van der Waals surface area contributed by atoms with Crippen LogP contribution in [0, 0.1) is 5.92 Å². The Morgan fingerprint density at radius 2 is 1.79 bits per heavy atom. The maximum atomic E-state index is 12.6. The van der Waals surface area contributed by atoms with Crippen LogP contribution in [0.2, 0.25) is 0 Å². The maximum absolute atomic E-state index is 12.6. The second-order valence-corrected chi connectivity index (χ2v) is 7.12. The number of hydrogen-bond acceptors (Lipinski definition) is 6. The molecule has 1 amide bonds. The number of carbonyl (C=O) groups excluding carboxylic acids is 2. The Kier molecular flexibility index (Phi) is 13.5. The lowest BCUT2D eigenvalue weighted by molar-refractivity contribution is -0.142. The highest BCUT2D eigenvalue weighted by atomic mass is 35.5. The first-order valence-electron chi connectivity index (χ1n) is 9.46. The number of rotatable bonds is 6. The van der Waals surface area contributed by atoms with Crippen LogP contribution in [-0.2, 0) is 16.1 Å². The minimum absolute atomic E-state index is 0. The number of piperidine rings is 1. The number of nitrogens with zero attached hydrogens (tertiary/aromatic N) is 4. The van der Waals surface area contributed by atoms with E-state index in [0.29, 0.717) is 31.9 Å². The van der Waals surface area contributed by atoms with Crippen molar-refractivity contribution in [2.45, 2.75) is 25.8 Å². The van der Waals surface area contributed by atoms with E-state index < -0.39 is 0 Å². The molecular weight excluding hydrogens is 441 g/mol. The first-order chi connectivity index (χ1) is 12.7. The molecule has 29 heavy (non-hydrogen) atoms. The van der Waals surface area contributed by atoms with Gasteiger partial charge in [0.25, 0.3) is 5.91 Å². The minimum Gasteiger partial charge on any atom is -0.468 e. The van der Waals surface area contributed by atoms with Crippen LogP contribution in [0.25, 0.3) is 0 Å². The number of imidazole rings is 1. The summed E-state index contributed by atoms with van der Waals surface area (Å²) in [4.78, 5) is 32.1. The molecule has 0 spiro atoms. The summed E-state index contributed by atoms with van der Waals surface area (Å²) >= 11 is 0. The van der Waals surface area contributed by atoms with Crippen LogP contribution in [0.15, 0.2) is 12.5 Å². The van der Waals surface area contributed by atoms with Crippen molar-refractivity contribution in [1.29, 1.82) is 0 Å². The van der Waals surface area contributed by atoms with E-state index in [1.807, 2.05) is 20.6 Å². The van der Waals surface area contributed by atoms with E-state index in [4.69, 9.17) is 0 Å². The van der Waals surface area contributed by atoms with Gasteiger partial charge in [0.2, 0.25) is 0 Å². The zero-order valence-corrected chi connectivity index (χ0v) is 19.2. The second kappa shape index (κ2) is 14.0. The van der Waals surface area contributed by atoms with Crippen LogP contribution >= 0.6 is 37.2 Å². The van der Waals surface area contributed by atoms with E-state index >= 15 is 0 Å². The van der Waals surface area contributed by atoms with Gasteiger partial charge in [-0.2, -0.15) is 0 Å². The molecule has 1 N–H and O–H groups in total. The Balaban J connectivity index is 0.00000261. The summed E-state index contributed by atoms with van der Waals surface area (Å²) < 4.78 is 6.72. The van der Waals surface area contributed by atoms with Gasteiger partial charge in [0.05, 0.1) is 20.0 Å². The number of esters is 1. The van der Waals surface area contributed by atoms with Crippen molar-refractivity contribution >= 4 is 49.1 Å². The topological polar surface area (TPSA) is 79.7 Å². The summed E-state index contributed by atoms with van der Waals surface area (Å²) in [7, 11) is 1.39. The molecule has 3 rings (SSSR count).